The van der Waals surface area contributed by atoms with Crippen molar-refractivity contribution in [2.75, 3.05) is 6.54 Å². The average Bonchev–Trinajstić information content (AvgIpc) is 3.40. The summed E-state index contributed by atoms with van der Waals surface area (Å²) in [5.41, 5.74) is 0. The van der Waals surface area contributed by atoms with E-state index in [-0.39, 0.29) is 24.0 Å². The number of thiazole rings is 1. The molecule has 1 aromatic heterocycles. The first-order chi connectivity index (χ1) is 10.7. The van der Waals surface area contributed by atoms with Crippen LogP contribution < -0.4 is 10.6 Å². The molecule has 3 amide bonds. The van der Waals surface area contributed by atoms with Crippen molar-refractivity contribution >= 4 is 23.3 Å². The SMILES string of the molecule is O=C(N[C@@H]1CC(=O)N(C2CC2)C1)N[C@@H](c1nccs1)C1CC1. The molecule has 22 heavy (non-hydrogen) atoms. The molecular weight excluding hydrogens is 300 g/mol. The molecule has 2 N–H and O–H groups in total. The van der Waals surface area contributed by atoms with Crippen molar-refractivity contribution in [3.05, 3.63) is 16.6 Å². The summed E-state index contributed by atoms with van der Waals surface area (Å²) in [6.07, 6.45) is 6.70. The first kappa shape index (κ1) is 14.0. The molecular formula is C15H20N4O2S. The Kier molecular flexibility index (Phi) is 3.52. The van der Waals surface area contributed by atoms with Crippen LogP contribution in [0.25, 0.3) is 0 Å². The van der Waals surface area contributed by atoms with Crippen LogP contribution in [-0.4, -0.2) is 40.5 Å². The molecule has 0 bridgehead atoms. The van der Waals surface area contributed by atoms with Gasteiger partial charge < -0.3 is 15.5 Å². The Morgan fingerprint density at radius 2 is 2.18 bits per heavy atom. The number of urea groups is 1. The number of carbonyl (C=O) groups excluding carboxylic acids is 2. The predicted molar refractivity (Wildman–Crippen MR) is 82.4 cm³/mol. The Labute approximate surface area is 133 Å². The smallest absolute Gasteiger partial charge is 0.315 e. The highest BCUT2D eigenvalue weighted by Gasteiger charge is 2.40. The summed E-state index contributed by atoms with van der Waals surface area (Å²) in [5, 5.41) is 8.92. The van der Waals surface area contributed by atoms with Crippen molar-refractivity contribution < 1.29 is 9.59 Å². The highest BCUT2D eigenvalue weighted by atomic mass is 32.1. The molecule has 2 atom stereocenters. The molecule has 2 heterocycles. The minimum absolute atomic E-state index is 0.0108. The maximum absolute atomic E-state index is 12.3. The van der Waals surface area contributed by atoms with Crippen LogP contribution in [0, 0.1) is 5.92 Å². The van der Waals surface area contributed by atoms with E-state index < -0.39 is 0 Å². The van der Waals surface area contributed by atoms with Gasteiger partial charge in [0.05, 0.1) is 12.1 Å². The summed E-state index contributed by atoms with van der Waals surface area (Å²) in [7, 11) is 0. The molecule has 0 radical (unpaired) electrons. The first-order valence-electron chi connectivity index (χ1n) is 7.96. The molecule has 7 heteroatoms. The third-order valence-electron chi connectivity index (χ3n) is 4.58. The number of nitrogens with zero attached hydrogens (tertiary/aromatic N) is 2. The monoisotopic (exact) mass is 320 g/mol. The van der Waals surface area contributed by atoms with Gasteiger partial charge in [-0.2, -0.15) is 0 Å². The van der Waals surface area contributed by atoms with Crippen LogP contribution in [0.1, 0.15) is 43.2 Å². The van der Waals surface area contributed by atoms with E-state index in [0.29, 0.717) is 24.9 Å². The van der Waals surface area contributed by atoms with E-state index in [9.17, 15) is 9.59 Å². The van der Waals surface area contributed by atoms with E-state index in [4.69, 9.17) is 0 Å². The van der Waals surface area contributed by atoms with Gasteiger partial charge in [-0.25, -0.2) is 9.78 Å². The van der Waals surface area contributed by atoms with Gasteiger partial charge in [-0.15, -0.1) is 11.3 Å². The lowest BCUT2D eigenvalue weighted by Gasteiger charge is -2.19. The van der Waals surface area contributed by atoms with Gasteiger partial charge in [0, 0.05) is 30.6 Å². The third kappa shape index (κ3) is 2.95. The quantitative estimate of drug-likeness (QED) is 0.866. The second kappa shape index (κ2) is 5.53. The van der Waals surface area contributed by atoms with Crippen molar-refractivity contribution in [2.24, 2.45) is 5.92 Å². The van der Waals surface area contributed by atoms with Crippen molar-refractivity contribution in [3.8, 4) is 0 Å². The van der Waals surface area contributed by atoms with Crippen LogP contribution in [0.5, 0.6) is 0 Å². The Morgan fingerprint density at radius 1 is 1.36 bits per heavy atom. The number of aromatic nitrogens is 1. The molecule has 118 valence electrons. The molecule has 3 aliphatic rings. The third-order valence-corrected chi connectivity index (χ3v) is 5.44. The zero-order valence-corrected chi connectivity index (χ0v) is 13.1. The van der Waals surface area contributed by atoms with Crippen LogP contribution in [0.4, 0.5) is 4.79 Å². The van der Waals surface area contributed by atoms with Crippen molar-refractivity contribution in [3.63, 3.8) is 0 Å². The molecule has 1 aliphatic heterocycles. The molecule has 0 unspecified atom stereocenters. The number of nitrogens with one attached hydrogen (secondary N) is 2. The van der Waals surface area contributed by atoms with Crippen molar-refractivity contribution in [1.29, 1.82) is 0 Å². The van der Waals surface area contributed by atoms with Crippen LogP contribution in [0.3, 0.4) is 0 Å². The lowest BCUT2D eigenvalue weighted by molar-refractivity contribution is -0.128. The molecule has 3 fully saturated rings. The maximum Gasteiger partial charge on any atom is 0.315 e. The van der Waals surface area contributed by atoms with Gasteiger partial charge in [-0.3, -0.25) is 4.79 Å². The number of hydrogen-bond acceptors (Lipinski definition) is 4. The van der Waals surface area contributed by atoms with Gasteiger partial charge >= 0.3 is 6.03 Å². The standard InChI is InChI=1S/C15H20N4O2S/c20-12-7-10(8-19(12)11-3-4-11)17-15(21)18-13(9-1-2-9)14-16-5-6-22-14/h5-6,9-11,13H,1-4,7-8H2,(H2,17,18,21)/t10-,13-/m1/s1. The summed E-state index contributed by atoms with van der Waals surface area (Å²) >= 11 is 1.58. The van der Waals surface area contributed by atoms with Crippen LogP contribution >= 0.6 is 11.3 Å². The predicted octanol–water partition coefficient (Wildman–Crippen LogP) is 1.66. The normalized spacial score (nSPS) is 26.1. The number of amides is 3. The molecule has 6 nitrogen and oxygen atoms in total. The van der Waals surface area contributed by atoms with E-state index in [1.54, 1.807) is 17.5 Å². The van der Waals surface area contributed by atoms with E-state index in [1.165, 1.54) is 0 Å². The zero-order valence-electron chi connectivity index (χ0n) is 12.3. The Hall–Kier alpha value is -1.63. The summed E-state index contributed by atoms with van der Waals surface area (Å²) < 4.78 is 0. The highest BCUT2D eigenvalue weighted by Crippen LogP contribution is 2.41. The molecule has 0 aromatic carbocycles. The summed E-state index contributed by atoms with van der Waals surface area (Å²) in [4.78, 5) is 30.4. The first-order valence-corrected chi connectivity index (χ1v) is 8.84. The van der Waals surface area contributed by atoms with Gasteiger partial charge in [-0.1, -0.05) is 0 Å². The largest absolute Gasteiger partial charge is 0.338 e. The lowest BCUT2D eigenvalue weighted by Crippen LogP contribution is -2.45. The fourth-order valence-electron chi connectivity index (χ4n) is 3.13. The summed E-state index contributed by atoms with van der Waals surface area (Å²) in [6, 6.07) is 0.195. The van der Waals surface area contributed by atoms with Gasteiger partial charge in [0.2, 0.25) is 5.91 Å². The van der Waals surface area contributed by atoms with Gasteiger partial charge in [0.25, 0.3) is 0 Å². The fraction of sp³-hybridized carbons (Fsp3) is 0.667. The zero-order chi connectivity index (χ0) is 15.1. The number of carbonyl (C=O) groups is 2. The molecule has 0 spiro atoms. The van der Waals surface area contributed by atoms with Crippen molar-refractivity contribution in [1.82, 2.24) is 20.5 Å². The van der Waals surface area contributed by atoms with Gasteiger partial charge in [0.15, 0.2) is 0 Å². The minimum atomic E-state index is -0.178. The number of hydrogen-bond donors (Lipinski definition) is 2. The Bertz CT molecular complexity index is 568. The second-order valence-corrected chi connectivity index (χ2v) is 7.41. The highest BCUT2D eigenvalue weighted by molar-refractivity contribution is 7.09. The molecule has 2 saturated carbocycles. The minimum Gasteiger partial charge on any atom is -0.338 e. The van der Waals surface area contributed by atoms with Gasteiger partial charge in [-0.05, 0) is 31.6 Å². The number of rotatable bonds is 5. The van der Waals surface area contributed by atoms with E-state index in [1.807, 2.05) is 10.3 Å². The summed E-state index contributed by atoms with van der Waals surface area (Å²) in [5.74, 6) is 0.677. The Balaban J connectivity index is 1.33. The second-order valence-electron chi connectivity index (χ2n) is 6.48. The molecule has 1 aromatic rings. The van der Waals surface area contributed by atoms with Crippen LogP contribution in [-0.2, 0) is 4.79 Å². The molecule has 2 aliphatic carbocycles. The fourth-order valence-corrected chi connectivity index (χ4v) is 3.92. The Morgan fingerprint density at radius 3 is 2.82 bits per heavy atom. The van der Waals surface area contributed by atoms with Crippen molar-refractivity contribution in [2.45, 2.75) is 50.2 Å². The van der Waals surface area contributed by atoms with Gasteiger partial charge in [0.1, 0.15) is 5.01 Å². The molecule has 1 saturated heterocycles. The van der Waals surface area contributed by atoms with Crippen LogP contribution in [0.2, 0.25) is 0 Å². The van der Waals surface area contributed by atoms with E-state index >= 15 is 0 Å². The van der Waals surface area contributed by atoms with Crippen LogP contribution in [0.15, 0.2) is 11.6 Å². The maximum atomic E-state index is 12.3. The lowest BCUT2D eigenvalue weighted by atomic mass is 10.2. The number of likely N-dealkylation sites (tertiary alicyclic amines) is 1. The summed E-state index contributed by atoms with van der Waals surface area (Å²) in [6.45, 7) is 0.655. The molecule has 4 rings (SSSR count). The average molecular weight is 320 g/mol. The van der Waals surface area contributed by atoms with E-state index in [2.05, 4.69) is 15.6 Å². The topological polar surface area (TPSA) is 74.3 Å². The van der Waals surface area contributed by atoms with E-state index in [0.717, 1.165) is 30.7 Å².